The molecular formula is C14H9N3O. The summed E-state index contributed by atoms with van der Waals surface area (Å²) in [6, 6.07) is 13.0. The van der Waals surface area contributed by atoms with Crippen LogP contribution >= 0.6 is 0 Å². The Morgan fingerprint density at radius 3 is 2.22 bits per heavy atom. The number of rotatable bonds is 1. The van der Waals surface area contributed by atoms with Gasteiger partial charge in [-0.1, -0.05) is 30.3 Å². The number of hydrogen-bond donors (Lipinski definition) is 1. The zero-order chi connectivity index (χ0) is 13.1. The van der Waals surface area contributed by atoms with Gasteiger partial charge in [-0.15, -0.1) is 0 Å². The van der Waals surface area contributed by atoms with E-state index in [-0.39, 0.29) is 5.56 Å². The molecule has 0 atom stereocenters. The van der Waals surface area contributed by atoms with Crippen molar-refractivity contribution in [2.24, 2.45) is 0 Å². The molecule has 4 heteroatoms. The first-order chi connectivity index (χ1) is 8.69. The summed E-state index contributed by atoms with van der Waals surface area (Å²) in [4.78, 5) is 14.3. The highest BCUT2D eigenvalue weighted by atomic mass is 16.1. The number of nitrogens with one attached hydrogen (secondary N) is 1. The molecule has 0 saturated carbocycles. The molecule has 0 unspecified atom stereocenters. The van der Waals surface area contributed by atoms with Crippen LogP contribution in [0.4, 0.5) is 0 Å². The zero-order valence-electron chi connectivity index (χ0n) is 9.69. The Bertz CT molecular complexity index is 731. The van der Waals surface area contributed by atoms with Crippen molar-refractivity contribution in [2.45, 2.75) is 6.92 Å². The molecule has 0 saturated heterocycles. The van der Waals surface area contributed by atoms with Crippen LogP contribution in [0.3, 0.4) is 0 Å². The van der Waals surface area contributed by atoms with Crippen LogP contribution in [-0.4, -0.2) is 4.98 Å². The normalized spacial score (nSPS) is 9.50. The molecule has 2 aromatic rings. The van der Waals surface area contributed by atoms with Crippen LogP contribution in [0, 0.1) is 29.6 Å². The highest BCUT2D eigenvalue weighted by Crippen LogP contribution is 2.22. The molecule has 0 aliphatic heterocycles. The molecule has 2 rings (SSSR count). The van der Waals surface area contributed by atoms with Gasteiger partial charge in [0.1, 0.15) is 17.7 Å². The summed E-state index contributed by atoms with van der Waals surface area (Å²) in [5, 5.41) is 18.1. The second kappa shape index (κ2) is 4.57. The Morgan fingerprint density at radius 1 is 1.06 bits per heavy atom. The second-order valence-electron chi connectivity index (χ2n) is 3.79. The predicted octanol–water partition coefficient (Wildman–Crippen LogP) is 2.09. The molecule has 0 aliphatic rings. The van der Waals surface area contributed by atoms with E-state index in [1.165, 1.54) is 0 Å². The maximum absolute atomic E-state index is 11.7. The van der Waals surface area contributed by atoms with E-state index in [0.717, 1.165) is 5.56 Å². The fourth-order valence-corrected chi connectivity index (χ4v) is 1.82. The molecule has 1 aromatic heterocycles. The van der Waals surface area contributed by atoms with E-state index in [1.807, 2.05) is 30.3 Å². The first-order valence-corrected chi connectivity index (χ1v) is 5.31. The van der Waals surface area contributed by atoms with Gasteiger partial charge in [-0.3, -0.25) is 4.79 Å². The molecule has 0 spiro atoms. The van der Waals surface area contributed by atoms with Gasteiger partial charge >= 0.3 is 0 Å². The SMILES string of the molecule is Cc1c(C#N)c(-c2ccccc2)[nH]c(=O)c1C#N. The summed E-state index contributed by atoms with van der Waals surface area (Å²) in [5.74, 6) is 0. The van der Waals surface area contributed by atoms with E-state index >= 15 is 0 Å². The second-order valence-corrected chi connectivity index (χ2v) is 3.79. The highest BCUT2D eigenvalue weighted by molar-refractivity contribution is 5.69. The summed E-state index contributed by atoms with van der Waals surface area (Å²) >= 11 is 0. The highest BCUT2D eigenvalue weighted by Gasteiger charge is 2.14. The van der Waals surface area contributed by atoms with E-state index in [0.29, 0.717) is 16.8 Å². The molecule has 0 aliphatic carbocycles. The van der Waals surface area contributed by atoms with Gasteiger partial charge in [0.2, 0.25) is 0 Å². The van der Waals surface area contributed by atoms with Gasteiger partial charge in [-0.25, -0.2) is 0 Å². The van der Waals surface area contributed by atoms with E-state index in [2.05, 4.69) is 4.98 Å². The van der Waals surface area contributed by atoms with Crippen LogP contribution in [0.1, 0.15) is 16.7 Å². The maximum Gasteiger partial charge on any atom is 0.266 e. The number of benzene rings is 1. The van der Waals surface area contributed by atoms with Gasteiger partial charge in [-0.2, -0.15) is 10.5 Å². The van der Waals surface area contributed by atoms with Crippen molar-refractivity contribution in [3.05, 3.63) is 57.4 Å². The third kappa shape index (κ3) is 1.77. The van der Waals surface area contributed by atoms with Crippen LogP contribution in [0.25, 0.3) is 11.3 Å². The summed E-state index contributed by atoms with van der Waals surface area (Å²) in [7, 11) is 0. The number of nitrogens with zero attached hydrogens (tertiary/aromatic N) is 2. The lowest BCUT2D eigenvalue weighted by atomic mass is 9.99. The molecule has 0 radical (unpaired) electrons. The van der Waals surface area contributed by atoms with Crippen molar-refractivity contribution in [3.8, 4) is 23.4 Å². The van der Waals surface area contributed by atoms with Crippen LogP contribution in [0.5, 0.6) is 0 Å². The van der Waals surface area contributed by atoms with E-state index in [4.69, 9.17) is 5.26 Å². The van der Waals surface area contributed by atoms with Gasteiger partial charge < -0.3 is 4.98 Å². The van der Waals surface area contributed by atoms with E-state index in [1.54, 1.807) is 19.1 Å². The van der Waals surface area contributed by atoms with Crippen LogP contribution in [-0.2, 0) is 0 Å². The summed E-state index contributed by atoms with van der Waals surface area (Å²) in [6.07, 6.45) is 0. The summed E-state index contributed by atoms with van der Waals surface area (Å²) in [5.41, 5.74) is 1.48. The summed E-state index contributed by atoms with van der Waals surface area (Å²) in [6.45, 7) is 1.61. The molecule has 0 amide bonds. The smallest absolute Gasteiger partial charge is 0.266 e. The molecule has 0 bridgehead atoms. The van der Waals surface area contributed by atoms with Crippen molar-refractivity contribution < 1.29 is 0 Å². The van der Waals surface area contributed by atoms with Crippen molar-refractivity contribution >= 4 is 0 Å². The predicted molar refractivity (Wildman–Crippen MR) is 66.7 cm³/mol. The Labute approximate surface area is 104 Å². The van der Waals surface area contributed by atoms with Gasteiger partial charge in [0.15, 0.2) is 0 Å². The first kappa shape index (κ1) is 11.6. The zero-order valence-corrected chi connectivity index (χ0v) is 9.69. The lowest BCUT2D eigenvalue weighted by Crippen LogP contribution is -2.15. The number of aromatic nitrogens is 1. The number of aromatic amines is 1. The Morgan fingerprint density at radius 2 is 1.67 bits per heavy atom. The molecule has 18 heavy (non-hydrogen) atoms. The molecule has 1 aromatic carbocycles. The van der Waals surface area contributed by atoms with Crippen molar-refractivity contribution in [2.75, 3.05) is 0 Å². The van der Waals surface area contributed by atoms with Gasteiger partial charge in [0, 0.05) is 0 Å². The quantitative estimate of drug-likeness (QED) is 0.821. The van der Waals surface area contributed by atoms with Crippen LogP contribution in [0.2, 0.25) is 0 Å². The average molecular weight is 235 g/mol. The summed E-state index contributed by atoms with van der Waals surface area (Å²) < 4.78 is 0. The lowest BCUT2D eigenvalue weighted by molar-refractivity contribution is 1.17. The third-order valence-electron chi connectivity index (χ3n) is 2.75. The molecular weight excluding hydrogens is 226 g/mol. The van der Waals surface area contributed by atoms with Gasteiger partial charge in [0.25, 0.3) is 5.56 Å². The molecule has 4 nitrogen and oxygen atoms in total. The largest absolute Gasteiger partial charge is 0.320 e. The molecule has 0 fully saturated rings. The Kier molecular flexibility index (Phi) is 2.95. The van der Waals surface area contributed by atoms with Crippen LogP contribution in [0.15, 0.2) is 35.1 Å². The number of nitriles is 2. The number of hydrogen-bond acceptors (Lipinski definition) is 3. The minimum atomic E-state index is -0.465. The van der Waals surface area contributed by atoms with Crippen molar-refractivity contribution in [3.63, 3.8) is 0 Å². The Balaban J connectivity index is 2.84. The number of H-pyrrole nitrogens is 1. The van der Waals surface area contributed by atoms with E-state index in [9.17, 15) is 10.1 Å². The monoisotopic (exact) mass is 235 g/mol. The standard InChI is InChI=1S/C14H9N3O/c1-9-11(7-15)13(10-5-3-2-4-6-10)17-14(18)12(9)8-16/h2-6H,1H3,(H,17,18). The van der Waals surface area contributed by atoms with Gasteiger partial charge in [0.05, 0.1) is 11.3 Å². The fraction of sp³-hybridized carbons (Fsp3) is 0.0714. The minimum absolute atomic E-state index is 0.00812. The lowest BCUT2D eigenvalue weighted by Gasteiger charge is -2.07. The first-order valence-electron chi connectivity index (χ1n) is 5.31. The number of pyridine rings is 1. The van der Waals surface area contributed by atoms with E-state index < -0.39 is 5.56 Å². The van der Waals surface area contributed by atoms with Crippen molar-refractivity contribution in [1.29, 1.82) is 10.5 Å². The fourth-order valence-electron chi connectivity index (χ4n) is 1.82. The average Bonchev–Trinajstić information content (AvgIpc) is 2.39. The third-order valence-corrected chi connectivity index (χ3v) is 2.75. The topological polar surface area (TPSA) is 80.4 Å². The Hall–Kier alpha value is -2.85. The van der Waals surface area contributed by atoms with Crippen molar-refractivity contribution in [1.82, 2.24) is 4.98 Å². The minimum Gasteiger partial charge on any atom is -0.320 e. The molecule has 1 N–H and O–H groups in total. The molecule has 1 heterocycles. The van der Waals surface area contributed by atoms with Crippen LogP contribution < -0.4 is 5.56 Å². The van der Waals surface area contributed by atoms with Gasteiger partial charge in [-0.05, 0) is 18.1 Å². The maximum atomic E-state index is 11.7. The molecule has 86 valence electrons.